The molecule has 2 atom stereocenters. The summed E-state index contributed by atoms with van der Waals surface area (Å²) >= 11 is 0. The minimum atomic E-state index is -0.844. The van der Waals surface area contributed by atoms with Crippen LogP contribution in [0.4, 0.5) is 0 Å². The van der Waals surface area contributed by atoms with E-state index in [1.54, 1.807) is 6.08 Å². The zero-order valence-electron chi connectivity index (χ0n) is 54.6. The number of hydrogen-bond donors (Lipinski definition) is 3. The van der Waals surface area contributed by atoms with Gasteiger partial charge in [-0.05, 0) is 32.1 Å². The number of carbonyl (C=O) groups excluding carboxylic acids is 2. The first-order valence-corrected chi connectivity index (χ1v) is 37.0. The van der Waals surface area contributed by atoms with Crippen LogP contribution in [0, 0.1) is 0 Å². The van der Waals surface area contributed by atoms with Gasteiger partial charge in [-0.3, -0.25) is 9.59 Å². The van der Waals surface area contributed by atoms with Crippen molar-refractivity contribution in [2.24, 2.45) is 0 Å². The molecule has 3 N–H and O–H groups in total. The van der Waals surface area contributed by atoms with Gasteiger partial charge in [-0.2, -0.15) is 0 Å². The van der Waals surface area contributed by atoms with E-state index < -0.39 is 12.1 Å². The maximum absolute atomic E-state index is 12.5. The van der Waals surface area contributed by atoms with Crippen molar-refractivity contribution in [2.75, 3.05) is 13.2 Å². The molecule has 0 heterocycles. The largest absolute Gasteiger partial charge is 0.466 e. The first-order chi connectivity index (χ1) is 39.5. The number of esters is 1. The summed E-state index contributed by atoms with van der Waals surface area (Å²) in [7, 11) is 0. The summed E-state index contributed by atoms with van der Waals surface area (Å²) in [5.41, 5.74) is 0. The quantitative estimate of drug-likeness (QED) is 0.0320. The predicted octanol–water partition coefficient (Wildman–Crippen LogP) is 23.9. The van der Waals surface area contributed by atoms with E-state index in [0.717, 1.165) is 38.5 Å². The molecule has 1 amide bonds. The molecule has 0 aliphatic rings. The second kappa shape index (κ2) is 70.1. The van der Waals surface area contributed by atoms with Gasteiger partial charge in [0.1, 0.15) is 0 Å². The summed E-state index contributed by atoms with van der Waals surface area (Å²) in [5, 5.41) is 23.3. The van der Waals surface area contributed by atoms with Crippen LogP contribution in [0.1, 0.15) is 425 Å². The van der Waals surface area contributed by atoms with Crippen molar-refractivity contribution in [1.29, 1.82) is 0 Å². The highest BCUT2D eigenvalue weighted by Gasteiger charge is 2.18. The third kappa shape index (κ3) is 65.7. The SMILES string of the molecule is CCCCCCCCCCCCCCCCCCCCCCCCC/C=C/C(O)C(CO)NC(=O)CCCCCCCCCCCCCCCCCCCCCCCCCCCOC(=O)CCCCCCCCCCCCCCC. The number of aliphatic hydroxyl groups is 2. The van der Waals surface area contributed by atoms with Crippen molar-refractivity contribution >= 4 is 11.9 Å². The van der Waals surface area contributed by atoms with Crippen LogP contribution in [0.15, 0.2) is 12.2 Å². The highest BCUT2D eigenvalue weighted by molar-refractivity contribution is 5.76. The smallest absolute Gasteiger partial charge is 0.305 e. The summed E-state index contributed by atoms with van der Waals surface area (Å²) in [6, 6.07) is -0.627. The van der Waals surface area contributed by atoms with E-state index in [9.17, 15) is 19.8 Å². The van der Waals surface area contributed by atoms with E-state index in [1.165, 1.54) is 360 Å². The topological polar surface area (TPSA) is 95.9 Å². The van der Waals surface area contributed by atoms with Crippen molar-refractivity contribution in [1.82, 2.24) is 5.32 Å². The molecule has 0 saturated carbocycles. The van der Waals surface area contributed by atoms with Gasteiger partial charge in [-0.25, -0.2) is 0 Å². The Morgan fingerprint density at radius 1 is 0.338 bits per heavy atom. The fourth-order valence-corrected chi connectivity index (χ4v) is 11.9. The monoisotopic (exact) mass is 1130 g/mol. The number of ether oxygens (including phenoxy) is 1. The average Bonchev–Trinajstić information content (AvgIpc) is 3.46. The second-order valence-corrected chi connectivity index (χ2v) is 25.6. The molecule has 0 aromatic carbocycles. The van der Waals surface area contributed by atoms with E-state index >= 15 is 0 Å². The molecule has 0 spiro atoms. The minimum absolute atomic E-state index is 0.0187. The molecule has 0 fully saturated rings. The number of allylic oxidation sites excluding steroid dienone is 1. The Hall–Kier alpha value is -1.40. The Kier molecular flexibility index (Phi) is 68.9. The van der Waals surface area contributed by atoms with Crippen LogP contribution in [0.25, 0.3) is 0 Å². The number of hydrogen-bond acceptors (Lipinski definition) is 5. The number of aliphatic hydroxyl groups excluding tert-OH is 2. The molecule has 0 aromatic heterocycles. The van der Waals surface area contributed by atoms with E-state index in [-0.39, 0.29) is 18.5 Å². The molecule has 0 saturated heterocycles. The lowest BCUT2D eigenvalue weighted by atomic mass is 10.0. The third-order valence-electron chi connectivity index (χ3n) is 17.6. The minimum Gasteiger partial charge on any atom is -0.466 e. The Bertz CT molecular complexity index is 1210. The Morgan fingerprint density at radius 3 is 0.850 bits per heavy atom. The molecule has 6 nitrogen and oxygen atoms in total. The number of amides is 1. The molecular formula is C74H145NO5. The van der Waals surface area contributed by atoms with Gasteiger partial charge in [0, 0.05) is 12.8 Å². The second-order valence-electron chi connectivity index (χ2n) is 25.6. The molecule has 2 unspecified atom stereocenters. The predicted molar refractivity (Wildman–Crippen MR) is 352 cm³/mol. The molecule has 0 bridgehead atoms. The van der Waals surface area contributed by atoms with Gasteiger partial charge >= 0.3 is 5.97 Å². The van der Waals surface area contributed by atoms with Crippen LogP contribution in [0.5, 0.6) is 0 Å². The van der Waals surface area contributed by atoms with E-state index in [0.29, 0.717) is 19.4 Å². The van der Waals surface area contributed by atoms with Crippen LogP contribution >= 0.6 is 0 Å². The zero-order valence-corrected chi connectivity index (χ0v) is 54.6. The summed E-state index contributed by atoms with van der Waals surface area (Å²) < 4.78 is 5.49. The third-order valence-corrected chi connectivity index (χ3v) is 17.6. The standard InChI is InChI=1S/C74H145NO5/c1-3-5-7-9-11-13-15-17-18-19-20-21-22-24-27-30-33-36-39-43-46-50-54-58-62-66-72(77)71(70-76)75-73(78)67-63-59-55-51-47-44-40-37-34-31-28-25-23-26-29-32-35-38-41-45-49-53-57-61-65-69-80-74(79)68-64-60-56-52-48-42-16-14-12-10-8-6-4-2/h62,66,71-72,76-77H,3-61,63-65,67-70H2,1-2H3,(H,75,78)/b66-62+. The molecule has 0 rings (SSSR count). The van der Waals surface area contributed by atoms with Crippen molar-refractivity contribution in [3.05, 3.63) is 12.2 Å². The summed E-state index contributed by atoms with van der Waals surface area (Å²) in [6.07, 6.45) is 87.3. The van der Waals surface area contributed by atoms with Crippen LogP contribution in [0.3, 0.4) is 0 Å². The van der Waals surface area contributed by atoms with Gasteiger partial charge < -0.3 is 20.3 Å². The molecule has 0 radical (unpaired) electrons. The Labute approximate surface area is 501 Å². The molecule has 0 aliphatic heterocycles. The maximum atomic E-state index is 12.5. The van der Waals surface area contributed by atoms with Gasteiger partial charge in [-0.15, -0.1) is 0 Å². The van der Waals surface area contributed by atoms with Gasteiger partial charge in [0.2, 0.25) is 5.91 Å². The lowest BCUT2D eigenvalue weighted by molar-refractivity contribution is -0.143. The number of carbonyl (C=O) groups is 2. The van der Waals surface area contributed by atoms with Crippen LogP contribution < -0.4 is 5.32 Å². The summed E-state index contributed by atoms with van der Waals surface area (Å²) in [6.45, 7) is 4.96. The molecule has 80 heavy (non-hydrogen) atoms. The first kappa shape index (κ1) is 78.6. The van der Waals surface area contributed by atoms with Crippen molar-refractivity contribution in [3.63, 3.8) is 0 Å². The summed E-state index contributed by atoms with van der Waals surface area (Å²) in [4.78, 5) is 24.6. The highest BCUT2D eigenvalue weighted by atomic mass is 16.5. The highest BCUT2D eigenvalue weighted by Crippen LogP contribution is 2.20. The molecule has 0 aromatic rings. The Morgan fingerprint density at radius 2 is 0.575 bits per heavy atom. The molecule has 6 heteroatoms. The number of nitrogens with one attached hydrogen (secondary N) is 1. The Balaban J connectivity index is 3.38. The maximum Gasteiger partial charge on any atom is 0.305 e. The molecule has 476 valence electrons. The van der Waals surface area contributed by atoms with E-state index in [2.05, 4.69) is 19.2 Å². The zero-order chi connectivity index (χ0) is 57.8. The average molecular weight is 1130 g/mol. The fourth-order valence-electron chi connectivity index (χ4n) is 11.9. The molecule has 0 aliphatic carbocycles. The lowest BCUT2D eigenvalue weighted by Crippen LogP contribution is -2.45. The van der Waals surface area contributed by atoms with Crippen molar-refractivity contribution < 1.29 is 24.5 Å². The van der Waals surface area contributed by atoms with E-state index in [4.69, 9.17) is 4.74 Å². The fraction of sp³-hybridized carbons (Fsp3) is 0.946. The first-order valence-electron chi connectivity index (χ1n) is 37.0. The number of rotatable bonds is 70. The van der Waals surface area contributed by atoms with Crippen molar-refractivity contribution in [2.45, 2.75) is 437 Å². The summed E-state index contributed by atoms with van der Waals surface area (Å²) in [5.74, 6) is -0.0420. The lowest BCUT2D eigenvalue weighted by Gasteiger charge is -2.20. The van der Waals surface area contributed by atoms with Crippen LogP contribution in [0.2, 0.25) is 0 Å². The van der Waals surface area contributed by atoms with Gasteiger partial charge in [0.15, 0.2) is 0 Å². The molecular weight excluding hydrogens is 983 g/mol. The van der Waals surface area contributed by atoms with Gasteiger partial charge in [0.25, 0.3) is 0 Å². The number of unbranched alkanes of at least 4 members (excludes halogenated alkanes) is 59. The normalized spacial score (nSPS) is 12.5. The van der Waals surface area contributed by atoms with Crippen molar-refractivity contribution in [3.8, 4) is 0 Å². The van der Waals surface area contributed by atoms with Gasteiger partial charge in [-0.1, -0.05) is 392 Å². The van der Waals surface area contributed by atoms with Crippen LogP contribution in [-0.2, 0) is 14.3 Å². The van der Waals surface area contributed by atoms with Gasteiger partial charge in [0.05, 0.1) is 25.4 Å². The van der Waals surface area contributed by atoms with Crippen LogP contribution in [-0.4, -0.2) is 47.4 Å². The van der Waals surface area contributed by atoms with E-state index in [1.807, 2.05) is 6.08 Å².